The highest BCUT2D eigenvalue weighted by molar-refractivity contribution is 6.00. The van der Waals surface area contributed by atoms with Crippen molar-refractivity contribution in [2.45, 2.75) is 121 Å². The predicted molar refractivity (Wildman–Crippen MR) is 387 cm³/mol. The summed E-state index contributed by atoms with van der Waals surface area (Å²) in [6.07, 6.45) is 11.1. The van der Waals surface area contributed by atoms with Crippen LogP contribution < -0.4 is 26.6 Å². The standard InChI is InChI=1S/C75H95FN18O11/c1-4-105-66(99)44-79-62(95)43-78-63(96)46-94-59-9-5-8-56(57-40-60-53(39-58(57)76)41-81-86(60)3)67(59)68(84-94)49-18-27-87(28-19-49)64(97)14-15-65(98)88-29-20-50(21-30-88)72(101)90-33-24-52(25-34-90)74(103)91-35-22-51(23-36-91)73(102)89-31-16-48(17-32-89)47-10-12-54(13-11-47)82-71-69(70(77)100)80-42-61(83-71)92-26-6-7-55(45-92)93-38-37-85(2)75(93)104/h5,8-13,39-42,48-52,55H,4,6-7,14-38,43-46H2,1-3H3,(H2,77,100)(H,78,96)(H,79,95)(H,82,83)/t55-/m1/s1. The van der Waals surface area contributed by atoms with Crippen LogP contribution in [0.5, 0.6) is 0 Å². The van der Waals surface area contributed by atoms with E-state index in [0.717, 1.165) is 49.0 Å². The lowest BCUT2D eigenvalue weighted by Crippen LogP contribution is -2.50. The molecule has 1 atom stereocenters. The first kappa shape index (κ1) is 73.0. The first-order chi connectivity index (χ1) is 50.7. The predicted octanol–water partition coefficient (Wildman–Crippen LogP) is 5.10. The molecule has 0 unspecified atom stereocenters. The van der Waals surface area contributed by atoms with Crippen molar-refractivity contribution in [2.75, 3.05) is 129 Å². The van der Waals surface area contributed by atoms with Crippen LogP contribution in [0.2, 0.25) is 0 Å². The van der Waals surface area contributed by atoms with Gasteiger partial charge in [-0.2, -0.15) is 10.2 Å². The third-order valence-electron chi connectivity index (χ3n) is 22.6. The number of nitrogens with zero attached hydrogens (tertiary/aromatic N) is 14. The molecule has 5 N–H and O–H groups in total. The molecule has 7 saturated heterocycles. The molecule has 3 aromatic heterocycles. The lowest BCUT2D eigenvalue weighted by Gasteiger charge is -2.40. The smallest absolute Gasteiger partial charge is 0.325 e. The molecule has 0 aliphatic carbocycles. The van der Waals surface area contributed by atoms with E-state index in [2.05, 4.69) is 43.1 Å². The topological polar surface area (TPSA) is 329 Å². The molecule has 6 aromatic rings. The van der Waals surface area contributed by atoms with Crippen molar-refractivity contribution in [3.05, 3.63) is 89.8 Å². The summed E-state index contributed by atoms with van der Waals surface area (Å²) >= 11 is 0. The van der Waals surface area contributed by atoms with Crippen LogP contribution in [-0.4, -0.2) is 247 Å². The Morgan fingerprint density at radius 1 is 0.619 bits per heavy atom. The molecule has 7 fully saturated rings. The summed E-state index contributed by atoms with van der Waals surface area (Å²) in [6, 6.07) is 16.7. The second-order valence-electron chi connectivity index (χ2n) is 29.0. The van der Waals surface area contributed by atoms with E-state index in [0.29, 0.717) is 175 Å². The maximum Gasteiger partial charge on any atom is 0.325 e. The van der Waals surface area contributed by atoms with Crippen LogP contribution in [0.1, 0.15) is 130 Å². The number of hydrogen-bond acceptors (Lipinski definition) is 17. The first-order valence-corrected chi connectivity index (χ1v) is 37.3. The number of halogens is 1. The van der Waals surface area contributed by atoms with E-state index in [4.69, 9.17) is 20.6 Å². The molecule has 30 heteroatoms. The van der Waals surface area contributed by atoms with Gasteiger partial charge in [-0.1, -0.05) is 24.3 Å². The number of nitrogens with one attached hydrogen (secondary N) is 3. The number of amides is 10. The average Bonchev–Trinajstić information content (AvgIpc) is 1.63. The van der Waals surface area contributed by atoms with Gasteiger partial charge >= 0.3 is 12.0 Å². The number of urea groups is 1. The third-order valence-corrected chi connectivity index (χ3v) is 22.6. The second-order valence-corrected chi connectivity index (χ2v) is 29.0. The number of esters is 1. The summed E-state index contributed by atoms with van der Waals surface area (Å²) in [4.78, 5) is 156. The fourth-order valence-electron chi connectivity index (χ4n) is 16.5. The number of nitrogens with two attached hydrogens (primary N) is 1. The van der Waals surface area contributed by atoms with Crippen LogP contribution in [-0.2, 0) is 56.7 Å². The summed E-state index contributed by atoms with van der Waals surface area (Å²) in [5, 5.41) is 18.9. The number of aryl methyl sites for hydroxylation is 1. The minimum atomic E-state index is -0.694. The molecular weight excluding hydrogens is 1350 g/mol. The van der Waals surface area contributed by atoms with Gasteiger partial charge in [0.05, 0.1) is 48.3 Å². The number of ether oxygens (including phenoxy) is 1. The molecule has 0 saturated carbocycles. The lowest BCUT2D eigenvalue weighted by atomic mass is 9.87. The zero-order valence-corrected chi connectivity index (χ0v) is 60.1. The van der Waals surface area contributed by atoms with Gasteiger partial charge in [0, 0.05) is 164 Å². The largest absolute Gasteiger partial charge is 0.465 e. The van der Waals surface area contributed by atoms with Gasteiger partial charge in [-0.05, 0) is 131 Å². The van der Waals surface area contributed by atoms with E-state index in [9.17, 15) is 47.9 Å². The van der Waals surface area contributed by atoms with Gasteiger partial charge < -0.3 is 65.6 Å². The molecular formula is C75H95FN18O11. The number of likely N-dealkylation sites (N-methyl/N-ethyl adjacent to an activating group) is 1. The van der Waals surface area contributed by atoms with E-state index in [1.807, 2.05) is 50.9 Å². The van der Waals surface area contributed by atoms with Gasteiger partial charge in [0.1, 0.15) is 24.7 Å². The zero-order chi connectivity index (χ0) is 73.6. The molecule has 3 aromatic carbocycles. The molecule has 7 aliphatic rings. The molecule has 13 rings (SSSR count). The first-order valence-electron chi connectivity index (χ1n) is 37.3. The SMILES string of the molecule is CCOC(=O)CNC(=O)CNC(=O)Cn1nc(C2CCN(C(=O)CCC(=O)N3CCC(C(=O)N4CCC(C(=O)N5CCC(C(=O)N6CCC(c7ccc(Nc8nc(N9CCC[C@@H](N%10CCN(C)C%10=O)C9)cnc8C(N)=O)cc7)CC6)CC5)CC4)CC3)CC2)c2c(-c3cc4c(cnn4C)cc3F)cccc21. The van der Waals surface area contributed by atoms with Gasteiger partial charge in [0.25, 0.3) is 5.91 Å². The third kappa shape index (κ3) is 16.5. The number of rotatable bonds is 21. The summed E-state index contributed by atoms with van der Waals surface area (Å²) in [5.41, 5.74) is 10.5. The van der Waals surface area contributed by atoms with Crippen LogP contribution in [0.3, 0.4) is 0 Å². The Morgan fingerprint density at radius 2 is 1.20 bits per heavy atom. The number of piperidine rings is 6. The number of benzene rings is 3. The number of carbonyl (C=O) groups is 10. The molecule has 7 aliphatic heterocycles. The van der Waals surface area contributed by atoms with E-state index in [-0.39, 0.29) is 122 Å². The molecule has 0 bridgehead atoms. The number of carbonyl (C=O) groups excluding carboxylic acids is 10. The van der Waals surface area contributed by atoms with Crippen LogP contribution in [0, 0.1) is 23.6 Å². The van der Waals surface area contributed by atoms with Crippen molar-refractivity contribution in [1.82, 2.24) is 74.5 Å². The van der Waals surface area contributed by atoms with E-state index < -0.39 is 29.5 Å². The minimum absolute atomic E-state index is 0.0298. The fourth-order valence-corrected chi connectivity index (χ4v) is 16.5. The van der Waals surface area contributed by atoms with E-state index in [1.165, 1.54) is 10.7 Å². The van der Waals surface area contributed by atoms with Gasteiger partial charge in [-0.25, -0.2) is 19.2 Å². The Hall–Kier alpha value is -10.3. The average molecular weight is 1440 g/mol. The quantitative estimate of drug-likeness (QED) is 0.0681. The van der Waals surface area contributed by atoms with Crippen molar-refractivity contribution in [1.29, 1.82) is 0 Å². The summed E-state index contributed by atoms with van der Waals surface area (Å²) < 4.78 is 24.2. The van der Waals surface area contributed by atoms with E-state index in [1.54, 1.807) is 57.9 Å². The molecule has 10 amide bonds. The van der Waals surface area contributed by atoms with Crippen molar-refractivity contribution in [3.63, 3.8) is 0 Å². The van der Waals surface area contributed by atoms with Gasteiger partial charge in [-0.15, -0.1) is 0 Å². The Kier molecular flexibility index (Phi) is 22.5. The summed E-state index contributed by atoms with van der Waals surface area (Å²) in [6.45, 7) is 8.49. The zero-order valence-electron chi connectivity index (χ0n) is 60.1. The maximum absolute atomic E-state index is 16.1. The highest BCUT2D eigenvalue weighted by Gasteiger charge is 2.40. The Labute approximate surface area is 608 Å². The van der Waals surface area contributed by atoms with Crippen molar-refractivity contribution >= 4 is 98.4 Å². The normalized spacial score (nSPS) is 19.2. The number of primary amides is 1. The number of likely N-dealkylation sites (tertiary alicyclic amines) is 5. The van der Waals surface area contributed by atoms with Crippen molar-refractivity contribution in [2.24, 2.45) is 30.5 Å². The van der Waals surface area contributed by atoms with Crippen LogP contribution in [0.4, 0.5) is 26.5 Å². The monoisotopic (exact) mass is 1440 g/mol. The number of fused-ring (bicyclic) bond motifs is 2. The fraction of sp³-hybridized carbons (Fsp3) is 0.547. The van der Waals surface area contributed by atoms with Gasteiger partial charge in [-0.3, -0.25) is 52.5 Å². The van der Waals surface area contributed by atoms with Crippen molar-refractivity contribution in [3.8, 4) is 11.1 Å². The molecule has 105 heavy (non-hydrogen) atoms. The van der Waals surface area contributed by atoms with Gasteiger partial charge in [0.2, 0.25) is 41.4 Å². The molecule has 0 radical (unpaired) electrons. The summed E-state index contributed by atoms with van der Waals surface area (Å²) in [5.74, 6) is -2.46. The van der Waals surface area contributed by atoms with Crippen LogP contribution >= 0.6 is 0 Å². The van der Waals surface area contributed by atoms with Crippen molar-refractivity contribution < 1.29 is 57.1 Å². The van der Waals surface area contributed by atoms with Crippen LogP contribution in [0.15, 0.2) is 67.0 Å². The Balaban J connectivity index is 0.519. The summed E-state index contributed by atoms with van der Waals surface area (Å²) in [7, 11) is 3.60. The van der Waals surface area contributed by atoms with E-state index >= 15 is 4.39 Å². The van der Waals surface area contributed by atoms with Gasteiger partial charge in [0.15, 0.2) is 11.5 Å². The Bertz CT molecular complexity index is 4260. The Morgan fingerprint density at radius 3 is 1.79 bits per heavy atom. The molecule has 0 spiro atoms. The number of anilines is 3. The highest BCUT2D eigenvalue weighted by Crippen LogP contribution is 2.41. The lowest BCUT2D eigenvalue weighted by molar-refractivity contribution is -0.146. The maximum atomic E-state index is 16.1. The molecule has 558 valence electrons. The second kappa shape index (κ2) is 32.4. The molecule has 10 heterocycles. The highest BCUT2D eigenvalue weighted by atomic mass is 19.1. The molecule has 29 nitrogen and oxygen atoms in total. The minimum Gasteiger partial charge on any atom is -0.465 e. The van der Waals surface area contributed by atoms with Crippen LogP contribution in [0.25, 0.3) is 32.9 Å². The number of aromatic nitrogens is 6. The number of hydrogen-bond donors (Lipinski definition) is 4.